The van der Waals surface area contributed by atoms with Gasteiger partial charge in [0.05, 0.1) is 6.54 Å². The zero-order valence-electron chi connectivity index (χ0n) is 13.2. The van der Waals surface area contributed by atoms with Gasteiger partial charge < -0.3 is 20.4 Å². The highest BCUT2D eigenvalue weighted by molar-refractivity contribution is 5.78. The maximum atomic E-state index is 6.11. The van der Waals surface area contributed by atoms with Crippen LogP contribution in [0.1, 0.15) is 26.2 Å². The van der Waals surface area contributed by atoms with E-state index in [-0.39, 0.29) is 0 Å². The Morgan fingerprint density at radius 3 is 2.60 bits per heavy atom. The standard InChI is InChI=1S/C15H31N5/c1-14-4-9-20(10-5-14)15(16)17-6-11-19-8-3-7-18(2)12-13-19/h14H,3-13H2,1-2H3,(H2,16,17). The normalized spacial score (nSPS) is 24.9. The maximum Gasteiger partial charge on any atom is 0.191 e. The largest absolute Gasteiger partial charge is 0.370 e. The highest BCUT2D eigenvalue weighted by Gasteiger charge is 2.17. The molecule has 0 saturated carbocycles. The number of aliphatic imine (C=N–C) groups is 1. The van der Waals surface area contributed by atoms with Gasteiger partial charge in [-0.05, 0) is 45.3 Å². The van der Waals surface area contributed by atoms with Gasteiger partial charge in [-0.25, -0.2) is 0 Å². The van der Waals surface area contributed by atoms with Gasteiger partial charge in [-0.1, -0.05) is 6.92 Å². The van der Waals surface area contributed by atoms with Gasteiger partial charge in [0.1, 0.15) is 0 Å². The molecule has 0 amide bonds. The van der Waals surface area contributed by atoms with E-state index in [4.69, 9.17) is 5.73 Å². The van der Waals surface area contributed by atoms with E-state index in [1.165, 1.54) is 38.9 Å². The smallest absolute Gasteiger partial charge is 0.191 e. The zero-order chi connectivity index (χ0) is 14.4. The van der Waals surface area contributed by atoms with Crippen molar-refractivity contribution < 1.29 is 0 Å². The number of nitrogens with two attached hydrogens (primary N) is 1. The predicted molar refractivity (Wildman–Crippen MR) is 85.0 cm³/mol. The Morgan fingerprint density at radius 1 is 1.10 bits per heavy atom. The van der Waals surface area contributed by atoms with Crippen molar-refractivity contribution in [3.63, 3.8) is 0 Å². The Hall–Kier alpha value is -0.810. The number of likely N-dealkylation sites (N-methyl/N-ethyl adjacent to an activating group) is 1. The molecule has 0 aliphatic carbocycles. The van der Waals surface area contributed by atoms with E-state index in [2.05, 4.69) is 33.7 Å². The van der Waals surface area contributed by atoms with E-state index in [1.807, 2.05) is 0 Å². The number of hydrogen-bond acceptors (Lipinski definition) is 3. The van der Waals surface area contributed by atoms with Crippen molar-refractivity contribution >= 4 is 5.96 Å². The molecule has 0 aromatic rings. The SMILES string of the molecule is CC1CCN(C(N)=NCCN2CCCN(C)CC2)CC1. The van der Waals surface area contributed by atoms with Gasteiger partial charge in [0, 0.05) is 32.7 Å². The summed E-state index contributed by atoms with van der Waals surface area (Å²) in [5, 5.41) is 0. The minimum Gasteiger partial charge on any atom is -0.370 e. The molecule has 2 aliphatic rings. The molecule has 2 rings (SSSR count). The fourth-order valence-electron chi connectivity index (χ4n) is 2.97. The van der Waals surface area contributed by atoms with Gasteiger partial charge in [0.25, 0.3) is 0 Å². The van der Waals surface area contributed by atoms with Crippen molar-refractivity contribution in [3.8, 4) is 0 Å². The number of nitrogens with zero attached hydrogens (tertiary/aromatic N) is 4. The van der Waals surface area contributed by atoms with Crippen LogP contribution >= 0.6 is 0 Å². The predicted octanol–water partition coefficient (Wildman–Crippen LogP) is 0.671. The third kappa shape index (κ3) is 4.94. The molecule has 2 aliphatic heterocycles. The maximum absolute atomic E-state index is 6.11. The van der Waals surface area contributed by atoms with Crippen molar-refractivity contribution in [3.05, 3.63) is 0 Å². The molecular formula is C15H31N5. The first-order valence-electron chi connectivity index (χ1n) is 8.11. The summed E-state index contributed by atoms with van der Waals surface area (Å²) in [6, 6.07) is 0. The van der Waals surface area contributed by atoms with E-state index in [1.54, 1.807) is 0 Å². The molecule has 0 atom stereocenters. The second kappa shape index (κ2) is 7.84. The molecule has 0 aromatic carbocycles. The molecule has 0 aromatic heterocycles. The minimum atomic E-state index is 0.754. The Balaban J connectivity index is 1.69. The van der Waals surface area contributed by atoms with Crippen LogP contribution in [0.4, 0.5) is 0 Å². The van der Waals surface area contributed by atoms with Crippen molar-refractivity contribution in [2.24, 2.45) is 16.6 Å². The average molecular weight is 281 g/mol. The lowest BCUT2D eigenvalue weighted by Crippen LogP contribution is -2.43. The number of likely N-dealkylation sites (tertiary alicyclic amines) is 1. The fraction of sp³-hybridized carbons (Fsp3) is 0.933. The van der Waals surface area contributed by atoms with Crippen molar-refractivity contribution in [2.75, 3.05) is 59.4 Å². The first-order valence-corrected chi connectivity index (χ1v) is 8.11. The van der Waals surface area contributed by atoms with E-state index < -0.39 is 0 Å². The van der Waals surface area contributed by atoms with Crippen LogP contribution in [-0.4, -0.2) is 80.1 Å². The topological polar surface area (TPSA) is 48.1 Å². The van der Waals surface area contributed by atoms with Crippen LogP contribution in [0, 0.1) is 5.92 Å². The number of guanidine groups is 1. The summed E-state index contributed by atoms with van der Waals surface area (Å²) < 4.78 is 0. The first kappa shape index (κ1) is 15.6. The molecule has 0 radical (unpaired) electrons. The highest BCUT2D eigenvalue weighted by Crippen LogP contribution is 2.15. The monoisotopic (exact) mass is 281 g/mol. The molecule has 0 unspecified atom stereocenters. The minimum absolute atomic E-state index is 0.754. The number of hydrogen-bond donors (Lipinski definition) is 1. The molecule has 5 heteroatoms. The Morgan fingerprint density at radius 2 is 1.85 bits per heavy atom. The average Bonchev–Trinajstić information content (AvgIpc) is 2.64. The van der Waals surface area contributed by atoms with Gasteiger partial charge in [0.15, 0.2) is 5.96 Å². The Bertz CT molecular complexity index is 309. The molecule has 5 nitrogen and oxygen atoms in total. The number of piperidine rings is 1. The third-order valence-electron chi connectivity index (χ3n) is 4.61. The molecule has 0 spiro atoms. The van der Waals surface area contributed by atoms with E-state index >= 15 is 0 Å². The summed E-state index contributed by atoms with van der Waals surface area (Å²) in [6.45, 7) is 11.1. The molecule has 20 heavy (non-hydrogen) atoms. The Labute approximate surface area is 123 Å². The van der Waals surface area contributed by atoms with Gasteiger partial charge in [-0.2, -0.15) is 0 Å². The lowest BCUT2D eigenvalue weighted by molar-refractivity contribution is 0.273. The van der Waals surface area contributed by atoms with Crippen LogP contribution in [0.3, 0.4) is 0 Å². The van der Waals surface area contributed by atoms with Gasteiger partial charge in [-0.15, -0.1) is 0 Å². The van der Waals surface area contributed by atoms with Crippen molar-refractivity contribution in [1.29, 1.82) is 0 Å². The molecular weight excluding hydrogens is 250 g/mol. The molecule has 2 fully saturated rings. The van der Waals surface area contributed by atoms with E-state index in [0.29, 0.717) is 0 Å². The van der Waals surface area contributed by atoms with Crippen molar-refractivity contribution in [2.45, 2.75) is 26.2 Å². The lowest BCUT2D eigenvalue weighted by Gasteiger charge is -2.31. The van der Waals surface area contributed by atoms with Gasteiger partial charge in [0.2, 0.25) is 0 Å². The molecule has 116 valence electrons. The molecule has 2 saturated heterocycles. The summed E-state index contributed by atoms with van der Waals surface area (Å²) in [7, 11) is 2.21. The van der Waals surface area contributed by atoms with Crippen LogP contribution in [0.2, 0.25) is 0 Å². The highest BCUT2D eigenvalue weighted by atomic mass is 15.3. The van der Waals surface area contributed by atoms with Crippen LogP contribution < -0.4 is 5.73 Å². The van der Waals surface area contributed by atoms with Crippen molar-refractivity contribution in [1.82, 2.24) is 14.7 Å². The van der Waals surface area contributed by atoms with E-state index in [0.717, 1.165) is 44.6 Å². The molecule has 0 bridgehead atoms. The second-order valence-corrected chi connectivity index (χ2v) is 6.41. The van der Waals surface area contributed by atoms with Crippen LogP contribution in [0.15, 0.2) is 4.99 Å². The summed E-state index contributed by atoms with van der Waals surface area (Å²) in [4.78, 5) is 11.7. The van der Waals surface area contributed by atoms with Crippen LogP contribution in [0.5, 0.6) is 0 Å². The van der Waals surface area contributed by atoms with Crippen LogP contribution in [0.25, 0.3) is 0 Å². The Kier molecular flexibility index (Phi) is 6.10. The quantitative estimate of drug-likeness (QED) is 0.610. The zero-order valence-corrected chi connectivity index (χ0v) is 13.2. The molecule has 2 heterocycles. The summed E-state index contributed by atoms with van der Waals surface area (Å²) in [6.07, 6.45) is 3.75. The third-order valence-corrected chi connectivity index (χ3v) is 4.61. The lowest BCUT2D eigenvalue weighted by atomic mass is 10.00. The summed E-state index contributed by atoms with van der Waals surface area (Å²) >= 11 is 0. The van der Waals surface area contributed by atoms with E-state index in [9.17, 15) is 0 Å². The van der Waals surface area contributed by atoms with Gasteiger partial charge >= 0.3 is 0 Å². The molecule has 2 N–H and O–H groups in total. The summed E-state index contributed by atoms with van der Waals surface area (Å²) in [5.41, 5.74) is 6.11. The van der Waals surface area contributed by atoms with Gasteiger partial charge in [-0.3, -0.25) is 4.99 Å². The van der Waals surface area contributed by atoms with Crippen LogP contribution in [-0.2, 0) is 0 Å². The second-order valence-electron chi connectivity index (χ2n) is 6.41. The number of rotatable bonds is 3. The fourth-order valence-corrected chi connectivity index (χ4v) is 2.97. The summed E-state index contributed by atoms with van der Waals surface area (Å²) in [5.74, 6) is 1.59. The first-order chi connectivity index (χ1) is 9.65.